The Balaban J connectivity index is 1.45. The number of thiazole rings is 1. The number of carbonyl (C=O) groups excluding carboxylic acids is 1. The standard InChI is InChI=1S/C19H21N5OS2/c25-16(5-8-22-11-1-2-11)24-19-17(12-3-6-21-10-15(12)27-19)18-23-13-9-20-7-4-14(13)26-18/h4,7,9,11,21-22H,1-3,5-6,8,10H2,(H,24,25). The number of amides is 1. The van der Waals surface area contributed by atoms with Gasteiger partial charge in [-0.2, -0.15) is 0 Å². The minimum absolute atomic E-state index is 0.0683. The molecule has 6 nitrogen and oxygen atoms in total. The molecule has 2 aliphatic rings. The largest absolute Gasteiger partial charge is 0.317 e. The highest BCUT2D eigenvalue weighted by molar-refractivity contribution is 7.22. The fourth-order valence-electron chi connectivity index (χ4n) is 3.40. The van der Waals surface area contributed by atoms with Gasteiger partial charge in [0, 0.05) is 42.2 Å². The highest BCUT2D eigenvalue weighted by atomic mass is 32.1. The van der Waals surface area contributed by atoms with Crippen molar-refractivity contribution in [1.82, 2.24) is 20.6 Å². The van der Waals surface area contributed by atoms with Gasteiger partial charge >= 0.3 is 0 Å². The molecule has 0 saturated heterocycles. The number of aromatic nitrogens is 2. The summed E-state index contributed by atoms with van der Waals surface area (Å²) < 4.78 is 1.12. The number of fused-ring (bicyclic) bond motifs is 2. The van der Waals surface area contributed by atoms with E-state index >= 15 is 0 Å². The smallest absolute Gasteiger partial charge is 0.226 e. The van der Waals surface area contributed by atoms with E-state index in [9.17, 15) is 4.79 Å². The zero-order valence-corrected chi connectivity index (χ0v) is 16.5. The molecular formula is C19H21N5OS2. The quantitative estimate of drug-likeness (QED) is 0.593. The summed E-state index contributed by atoms with van der Waals surface area (Å²) in [6.45, 7) is 2.56. The molecule has 0 radical (unpaired) electrons. The molecule has 4 heterocycles. The maximum Gasteiger partial charge on any atom is 0.226 e. The molecule has 27 heavy (non-hydrogen) atoms. The molecule has 1 aliphatic heterocycles. The first kappa shape index (κ1) is 17.2. The number of pyridine rings is 1. The van der Waals surface area contributed by atoms with Crippen LogP contribution in [0.5, 0.6) is 0 Å². The lowest BCUT2D eigenvalue weighted by molar-refractivity contribution is -0.116. The fraction of sp³-hybridized carbons (Fsp3) is 0.421. The van der Waals surface area contributed by atoms with Gasteiger partial charge in [-0.25, -0.2) is 4.98 Å². The van der Waals surface area contributed by atoms with Crippen molar-refractivity contribution in [2.45, 2.75) is 38.3 Å². The summed E-state index contributed by atoms with van der Waals surface area (Å²) in [5.74, 6) is 0.0683. The molecule has 1 saturated carbocycles. The van der Waals surface area contributed by atoms with Crippen LogP contribution in [0.1, 0.15) is 29.7 Å². The Hall–Kier alpha value is -1.87. The summed E-state index contributed by atoms with van der Waals surface area (Å²) in [6, 6.07) is 2.63. The Morgan fingerprint density at radius 3 is 3.11 bits per heavy atom. The molecule has 0 spiro atoms. The van der Waals surface area contributed by atoms with Gasteiger partial charge in [0.1, 0.15) is 15.5 Å². The number of nitrogens with one attached hydrogen (secondary N) is 3. The van der Waals surface area contributed by atoms with E-state index in [0.29, 0.717) is 12.5 Å². The summed E-state index contributed by atoms with van der Waals surface area (Å²) in [5, 5.41) is 11.9. The minimum atomic E-state index is 0.0683. The Bertz CT molecular complexity index is 958. The molecule has 0 atom stereocenters. The van der Waals surface area contributed by atoms with Gasteiger partial charge < -0.3 is 16.0 Å². The lowest BCUT2D eigenvalue weighted by atomic mass is 10.0. The first-order valence-corrected chi connectivity index (χ1v) is 11.0. The molecule has 3 N–H and O–H groups in total. The number of nitrogens with zero attached hydrogens (tertiary/aromatic N) is 2. The summed E-state index contributed by atoms with van der Waals surface area (Å²) >= 11 is 3.35. The lowest BCUT2D eigenvalue weighted by Crippen LogP contribution is -2.23. The van der Waals surface area contributed by atoms with Crippen molar-refractivity contribution in [1.29, 1.82) is 0 Å². The van der Waals surface area contributed by atoms with E-state index in [0.717, 1.165) is 51.8 Å². The summed E-state index contributed by atoms with van der Waals surface area (Å²) in [6.07, 6.45) is 7.55. The van der Waals surface area contributed by atoms with Gasteiger partial charge in [0.2, 0.25) is 5.91 Å². The van der Waals surface area contributed by atoms with Crippen molar-refractivity contribution in [3.05, 3.63) is 28.9 Å². The van der Waals surface area contributed by atoms with Gasteiger partial charge in [-0.3, -0.25) is 9.78 Å². The van der Waals surface area contributed by atoms with Crippen LogP contribution in [0.4, 0.5) is 5.00 Å². The normalized spacial score (nSPS) is 16.4. The summed E-state index contributed by atoms with van der Waals surface area (Å²) in [4.78, 5) is 22.8. The van der Waals surface area contributed by atoms with Gasteiger partial charge in [-0.05, 0) is 37.4 Å². The average Bonchev–Trinajstić information content (AvgIpc) is 3.27. The third-order valence-corrected chi connectivity index (χ3v) is 7.15. The predicted octanol–water partition coefficient (Wildman–Crippen LogP) is 3.15. The van der Waals surface area contributed by atoms with E-state index in [1.165, 1.54) is 23.3 Å². The average molecular weight is 400 g/mol. The number of thiophene rings is 1. The number of anilines is 1. The van der Waals surface area contributed by atoms with Crippen molar-refractivity contribution in [2.24, 2.45) is 0 Å². The second-order valence-electron chi connectivity index (χ2n) is 7.02. The van der Waals surface area contributed by atoms with E-state index in [1.807, 2.05) is 6.07 Å². The number of carbonyl (C=O) groups is 1. The zero-order chi connectivity index (χ0) is 18.2. The highest BCUT2D eigenvalue weighted by Gasteiger charge is 2.25. The molecule has 5 rings (SSSR count). The fourth-order valence-corrected chi connectivity index (χ4v) is 5.71. The second kappa shape index (κ2) is 7.27. The number of hydrogen-bond donors (Lipinski definition) is 3. The van der Waals surface area contributed by atoms with Crippen LogP contribution in [0.2, 0.25) is 0 Å². The van der Waals surface area contributed by atoms with Crippen LogP contribution in [0.25, 0.3) is 20.8 Å². The van der Waals surface area contributed by atoms with Gasteiger partial charge in [0.05, 0.1) is 10.9 Å². The number of hydrogen-bond acceptors (Lipinski definition) is 7. The maximum absolute atomic E-state index is 12.5. The SMILES string of the molecule is O=C(CCNC1CC1)Nc1sc2c(c1-c1nc3cnccc3s1)CCNC2. The third-order valence-electron chi connectivity index (χ3n) is 4.95. The van der Waals surface area contributed by atoms with Crippen LogP contribution in [0.3, 0.4) is 0 Å². The van der Waals surface area contributed by atoms with Crippen LogP contribution < -0.4 is 16.0 Å². The predicted molar refractivity (Wildman–Crippen MR) is 110 cm³/mol. The molecule has 0 aromatic carbocycles. The van der Waals surface area contributed by atoms with Crippen molar-refractivity contribution in [3.63, 3.8) is 0 Å². The summed E-state index contributed by atoms with van der Waals surface area (Å²) in [5.41, 5.74) is 3.36. The second-order valence-corrected chi connectivity index (χ2v) is 9.16. The van der Waals surface area contributed by atoms with Gasteiger partial charge in [0.25, 0.3) is 0 Å². The van der Waals surface area contributed by atoms with E-state index in [4.69, 9.17) is 4.98 Å². The monoisotopic (exact) mass is 399 g/mol. The van der Waals surface area contributed by atoms with Crippen LogP contribution in [0.15, 0.2) is 18.5 Å². The van der Waals surface area contributed by atoms with Gasteiger partial charge in [0.15, 0.2) is 0 Å². The van der Waals surface area contributed by atoms with Crippen molar-refractivity contribution in [3.8, 4) is 10.6 Å². The minimum Gasteiger partial charge on any atom is -0.317 e. The topological polar surface area (TPSA) is 78.9 Å². The van der Waals surface area contributed by atoms with Crippen LogP contribution >= 0.6 is 22.7 Å². The van der Waals surface area contributed by atoms with Gasteiger partial charge in [-0.15, -0.1) is 22.7 Å². The van der Waals surface area contributed by atoms with Crippen LogP contribution in [0, 0.1) is 0 Å². The van der Waals surface area contributed by atoms with E-state index in [1.54, 1.807) is 35.1 Å². The van der Waals surface area contributed by atoms with Crippen molar-refractivity contribution in [2.75, 3.05) is 18.4 Å². The maximum atomic E-state index is 12.5. The summed E-state index contributed by atoms with van der Waals surface area (Å²) in [7, 11) is 0. The van der Waals surface area contributed by atoms with Crippen LogP contribution in [-0.4, -0.2) is 35.0 Å². The Labute approximate surface area is 165 Å². The van der Waals surface area contributed by atoms with Crippen LogP contribution in [-0.2, 0) is 17.8 Å². The first-order chi connectivity index (χ1) is 13.3. The Morgan fingerprint density at radius 2 is 2.26 bits per heavy atom. The molecule has 0 unspecified atom stereocenters. The molecule has 8 heteroatoms. The molecule has 3 aromatic rings. The van der Waals surface area contributed by atoms with E-state index < -0.39 is 0 Å². The molecular weight excluding hydrogens is 378 g/mol. The van der Waals surface area contributed by atoms with Crippen molar-refractivity contribution >= 4 is 43.8 Å². The molecule has 0 bridgehead atoms. The first-order valence-electron chi connectivity index (χ1n) is 9.37. The van der Waals surface area contributed by atoms with E-state index in [2.05, 4.69) is 20.9 Å². The van der Waals surface area contributed by atoms with Gasteiger partial charge in [-0.1, -0.05) is 0 Å². The Morgan fingerprint density at radius 1 is 1.33 bits per heavy atom. The molecule has 140 valence electrons. The molecule has 3 aromatic heterocycles. The Kier molecular flexibility index (Phi) is 4.65. The zero-order valence-electron chi connectivity index (χ0n) is 14.9. The highest BCUT2D eigenvalue weighted by Crippen LogP contribution is 2.44. The number of rotatable bonds is 6. The van der Waals surface area contributed by atoms with E-state index in [-0.39, 0.29) is 5.91 Å². The molecule has 1 amide bonds. The molecule has 1 fully saturated rings. The lowest BCUT2D eigenvalue weighted by Gasteiger charge is -2.13. The van der Waals surface area contributed by atoms with Crippen molar-refractivity contribution < 1.29 is 4.79 Å². The third kappa shape index (κ3) is 3.62. The molecule has 1 aliphatic carbocycles.